The predicted octanol–water partition coefficient (Wildman–Crippen LogP) is 2.97. The smallest absolute Gasteiger partial charge is 0.296 e. The molecule has 0 N–H and O–H groups in total. The lowest BCUT2D eigenvalue weighted by molar-refractivity contribution is 0.354. The molecule has 158 valence electrons. The number of aromatic nitrogens is 3. The van der Waals surface area contributed by atoms with E-state index in [-0.39, 0.29) is 22.6 Å². The summed E-state index contributed by atoms with van der Waals surface area (Å²) in [5, 5.41) is 5.07. The SMILES string of the molecule is COc1ccc(Cc2nn3c(=O)c(=Cc4ccc(Cl)c(Cl)c4)sc3nc2=O)cc1OC. The first kappa shape index (κ1) is 21.3. The van der Waals surface area contributed by atoms with E-state index in [0.717, 1.165) is 21.4 Å². The molecule has 0 saturated carbocycles. The fraction of sp³-hybridized carbons (Fsp3) is 0.143. The van der Waals surface area contributed by atoms with E-state index in [1.54, 1.807) is 49.6 Å². The van der Waals surface area contributed by atoms with E-state index in [0.29, 0.717) is 31.6 Å². The highest BCUT2D eigenvalue weighted by Gasteiger charge is 2.13. The van der Waals surface area contributed by atoms with Crippen molar-refractivity contribution < 1.29 is 9.47 Å². The molecular weight excluding hydrogens is 461 g/mol. The number of hydrogen-bond acceptors (Lipinski definition) is 7. The zero-order chi connectivity index (χ0) is 22.1. The molecular formula is C21H15Cl2N3O4S. The lowest BCUT2D eigenvalue weighted by Gasteiger charge is -2.09. The predicted molar refractivity (Wildman–Crippen MR) is 121 cm³/mol. The van der Waals surface area contributed by atoms with Crippen LogP contribution < -0.4 is 25.1 Å². The third-order valence-electron chi connectivity index (χ3n) is 4.51. The maximum Gasteiger partial charge on any atom is 0.296 e. The van der Waals surface area contributed by atoms with Crippen LogP contribution in [0.4, 0.5) is 0 Å². The first-order valence-electron chi connectivity index (χ1n) is 9.00. The summed E-state index contributed by atoms with van der Waals surface area (Å²) in [5.41, 5.74) is 0.769. The lowest BCUT2D eigenvalue weighted by atomic mass is 10.1. The Morgan fingerprint density at radius 3 is 2.52 bits per heavy atom. The summed E-state index contributed by atoms with van der Waals surface area (Å²) in [6.07, 6.45) is 1.85. The van der Waals surface area contributed by atoms with Crippen LogP contribution >= 0.6 is 34.5 Å². The standard InChI is InChI=1S/C21H15Cl2N3O4S/c1-29-16-6-4-12(9-17(16)30-2)8-15-19(27)24-21-26(25-15)20(28)18(31-21)10-11-3-5-13(22)14(23)7-11/h3-7,9-10H,8H2,1-2H3. The number of benzene rings is 2. The maximum absolute atomic E-state index is 12.8. The van der Waals surface area contributed by atoms with E-state index in [9.17, 15) is 9.59 Å². The zero-order valence-corrected chi connectivity index (χ0v) is 18.7. The Hall–Kier alpha value is -2.94. The van der Waals surface area contributed by atoms with Gasteiger partial charge in [-0.25, -0.2) is 0 Å². The van der Waals surface area contributed by atoms with Gasteiger partial charge >= 0.3 is 0 Å². The second-order valence-electron chi connectivity index (χ2n) is 6.51. The van der Waals surface area contributed by atoms with Gasteiger partial charge in [-0.15, -0.1) is 0 Å². The van der Waals surface area contributed by atoms with Crippen molar-refractivity contribution in [1.82, 2.24) is 14.6 Å². The number of fused-ring (bicyclic) bond motifs is 1. The molecule has 31 heavy (non-hydrogen) atoms. The van der Waals surface area contributed by atoms with E-state index >= 15 is 0 Å². The molecule has 0 amide bonds. The Morgan fingerprint density at radius 1 is 1.03 bits per heavy atom. The van der Waals surface area contributed by atoms with Crippen molar-refractivity contribution in [2.75, 3.05) is 14.2 Å². The molecule has 4 aromatic rings. The quantitative estimate of drug-likeness (QED) is 0.441. The molecule has 7 nitrogen and oxygen atoms in total. The van der Waals surface area contributed by atoms with Crippen LogP contribution in [0.2, 0.25) is 10.0 Å². The van der Waals surface area contributed by atoms with Crippen molar-refractivity contribution >= 4 is 45.6 Å². The number of halogens is 2. The molecule has 4 rings (SSSR count). The number of nitrogens with zero attached hydrogens (tertiary/aromatic N) is 3. The van der Waals surface area contributed by atoms with Crippen molar-refractivity contribution in [2.45, 2.75) is 6.42 Å². The zero-order valence-electron chi connectivity index (χ0n) is 16.4. The molecule has 0 radical (unpaired) electrons. The first-order chi connectivity index (χ1) is 14.9. The van der Waals surface area contributed by atoms with Crippen LogP contribution in [0.15, 0.2) is 46.0 Å². The molecule has 0 aliphatic heterocycles. The van der Waals surface area contributed by atoms with Crippen molar-refractivity contribution in [2.24, 2.45) is 0 Å². The molecule has 0 saturated heterocycles. The van der Waals surface area contributed by atoms with Crippen molar-refractivity contribution in [3.05, 3.63) is 88.5 Å². The van der Waals surface area contributed by atoms with Gasteiger partial charge in [-0.2, -0.15) is 14.6 Å². The van der Waals surface area contributed by atoms with E-state index in [1.165, 1.54) is 7.11 Å². The monoisotopic (exact) mass is 475 g/mol. The maximum atomic E-state index is 12.8. The highest BCUT2D eigenvalue weighted by Crippen LogP contribution is 2.28. The molecule has 0 bridgehead atoms. The molecule has 2 aromatic heterocycles. The first-order valence-corrected chi connectivity index (χ1v) is 10.6. The Morgan fingerprint density at radius 2 is 1.81 bits per heavy atom. The minimum Gasteiger partial charge on any atom is -0.493 e. The second kappa shape index (κ2) is 8.66. The van der Waals surface area contributed by atoms with Crippen LogP contribution in [-0.4, -0.2) is 28.8 Å². The van der Waals surface area contributed by atoms with Crippen LogP contribution in [-0.2, 0) is 6.42 Å². The molecule has 2 aromatic carbocycles. The summed E-state index contributed by atoms with van der Waals surface area (Å²) >= 11 is 13.1. The van der Waals surface area contributed by atoms with Crippen molar-refractivity contribution in [1.29, 1.82) is 0 Å². The topological polar surface area (TPSA) is 82.8 Å². The molecule has 0 spiro atoms. The normalized spacial score (nSPS) is 11.8. The second-order valence-corrected chi connectivity index (χ2v) is 8.34. The van der Waals surface area contributed by atoms with Gasteiger partial charge < -0.3 is 9.47 Å². The summed E-state index contributed by atoms with van der Waals surface area (Å²) in [7, 11) is 3.07. The van der Waals surface area contributed by atoms with Gasteiger partial charge in [-0.05, 0) is 41.5 Å². The number of rotatable bonds is 5. The Balaban J connectivity index is 1.76. The van der Waals surface area contributed by atoms with Crippen LogP contribution in [0.5, 0.6) is 11.5 Å². The molecule has 0 aliphatic rings. The summed E-state index contributed by atoms with van der Waals surface area (Å²) in [4.78, 5) is 29.6. The highest BCUT2D eigenvalue weighted by atomic mass is 35.5. The fourth-order valence-corrected chi connectivity index (χ4v) is 4.20. The van der Waals surface area contributed by atoms with Gasteiger partial charge in [0.2, 0.25) is 4.96 Å². The molecule has 0 fully saturated rings. The van der Waals surface area contributed by atoms with Gasteiger partial charge in [-0.3, -0.25) is 9.59 Å². The third-order valence-corrected chi connectivity index (χ3v) is 6.21. The van der Waals surface area contributed by atoms with Gasteiger partial charge in [0.05, 0.1) is 28.8 Å². The molecule has 0 aliphatic carbocycles. The fourth-order valence-electron chi connectivity index (χ4n) is 2.99. The van der Waals surface area contributed by atoms with Gasteiger partial charge in [0, 0.05) is 6.42 Å². The molecule has 0 unspecified atom stereocenters. The number of hydrogen-bond donors (Lipinski definition) is 0. The summed E-state index contributed by atoms with van der Waals surface area (Å²) in [5.74, 6) is 1.11. The molecule has 0 atom stereocenters. The van der Waals surface area contributed by atoms with Gasteiger partial charge in [0.25, 0.3) is 11.1 Å². The van der Waals surface area contributed by atoms with Crippen molar-refractivity contribution in [3.8, 4) is 11.5 Å². The van der Waals surface area contributed by atoms with E-state index in [4.69, 9.17) is 32.7 Å². The number of thiazole rings is 1. The Kier molecular flexibility index (Phi) is 5.95. The van der Waals surface area contributed by atoms with E-state index in [2.05, 4.69) is 10.1 Å². The van der Waals surface area contributed by atoms with Crippen LogP contribution in [0, 0.1) is 0 Å². The van der Waals surface area contributed by atoms with Gasteiger partial charge in [0.1, 0.15) is 5.69 Å². The molecule has 2 heterocycles. The number of methoxy groups -OCH3 is 2. The lowest BCUT2D eigenvalue weighted by Crippen LogP contribution is -2.28. The summed E-state index contributed by atoms with van der Waals surface area (Å²) < 4.78 is 12.0. The van der Waals surface area contributed by atoms with Crippen LogP contribution in [0.1, 0.15) is 16.8 Å². The summed E-state index contributed by atoms with van der Waals surface area (Å²) in [6.45, 7) is 0. The van der Waals surface area contributed by atoms with Crippen LogP contribution in [0.3, 0.4) is 0 Å². The largest absolute Gasteiger partial charge is 0.493 e. The number of ether oxygens (including phenoxy) is 2. The Bertz CT molecular complexity index is 1470. The average molecular weight is 476 g/mol. The van der Waals surface area contributed by atoms with Gasteiger partial charge in [0.15, 0.2) is 11.5 Å². The van der Waals surface area contributed by atoms with Gasteiger partial charge in [-0.1, -0.05) is 46.7 Å². The minimum atomic E-state index is -0.489. The van der Waals surface area contributed by atoms with E-state index < -0.39 is 5.56 Å². The average Bonchev–Trinajstić information content (AvgIpc) is 3.05. The molecule has 10 heteroatoms. The summed E-state index contributed by atoms with van der Waals surface area (Å²) in [6, 6.07) is 10.3. The Labute approximate surface area is 190 Å². The van der Waals surface area contributed by atoms with E-state index in [1.807, 2.05) is 0 Å². The minimum absolute atomic E-state index is 0.153. The van der Waals surface area contributed by atoms with Crippen molar-refractivity contribution in [3.63, 3.8) is 0 Å². The van der Waals surface area contributed by atoms with Crippen LogP contribution in [0.25, 0.3) is 11.0 Å². The third kappa shape index (κ3) is 4.27. The highest BCUT2D eigenvalue weighted by molar-refractivity contribution is 7.15.